The third-order valence-corrected chi connectivity index (χ3v) is 3.50. The minimum atomic E-state index is 0.274. The van der Waals surface area contributed by atoms with Crippen molar-refractivity contribution in [2.24, 2.45) is 0 Å². The Hall–Kier alpha value is -1.81. The van der Waals surface area contributed by atoms with Gasteiger partial charge in [0.25, 0.3) is 0 Å². The van der Waals surface area contributed by atoms with Gasteiger partial charge in [0.2, 0.25) is 0 Å². The first kappa shape index (κ1) is 11.3. The van der Waals surface area contributed by atoms with E-state index < -0.39 is 0 Å². The van der Waals surface area contributed by atoms with Gasteiger partial charge in [-0.05, 0) is 32.0 Å². The van der Waals surface area contributed by atoms with E-state index in [0.717, 1.165) is 42.8 Å². The fourth-order valence-electron chi connectivity index (χ4n) is 2.53. The van der Waals surface area contributed by atoms with Crippen molar-refractivity contribution in [3.8, 4) is 16.9 Å². The van der Waals surface area contributed by atoms with E-state index in [1.807, 2.05) is 18.2 Å². The molecule has 1 aliphatic heterocycles. The molecule has 0 amide bonds. The second-order valence-electron chi connectivity index (χ2n) is 4.65. The second-order valence-corrected chi connectivity index (χ2v) is 4.65. The number of phenolic OH excluding ortho intramolecular Hbond substituents is 1. The molecule has 2 heterocycles. The molecule has 2 N–H and O–H groups in total. The molecule has 2 aromatic rings. The molecule has 1 aromatic heterocycles. The van der Waals surface area contributed by atoms with E-state index in [-0.39, 0.29) is 5.75 Å². The van der Waals surface area contributed by atoms with Crippen LogP contribution in [0.1, 0.15) is 24.5 Å². The maximum atomic E-state index is 9.92. The van der Waals surface area contributed by atoms with Gasteiger partial charge in [-0.3, -0.25) is 0 Å². The molecule has 0 spiro atoms. The molecule has 0 saturated carbocycles. The maximum absolute atomic E-state index is 9.92. The summed E-state index contributed by atoms with van der Waals surface area (Å²) in [6.45, 7) is 2.01. The van der Waals surface area contributed by atoms with Gasteiger partial charge in [-0.2, -0.15) is 0 Å². The minimum absolute atomic E-state index is 0.274. The highest BCUT2D eigenvalue weighted by atomic mass is 16.5. The summed E-state index contributed by atoms with van der Waals surface area (Å²) in [6, 6.07) is 7.31. The van der Waals surface area contributed by atoms with Crippen molar-refractivity contribution in [2.45, 2.75) is 18.8 Å². The molecule has 1 aliphatic rings. The van der Waals surface area contributed by atoms with E-state index in [1.54, 1.807) is 12.3 Å². The zero-order chi connectivity index (χ0) is 12.4. The maximum Gasteiger partial charge on any atom is 0.147 e. The van der Waals surface area contributed by atoms with E-state index in [9.17, 15) is 5.11 Å². The van der Waals surface area contributed by atoms with Gasteiger partial charge in [0.15, 0.2) is 0 Å². The normalized spacial score (nSPS) is 16.9. The predicted molar refractivity (Wildman–Crippen MR) is 68.4 cm³/mol. The molecule has 0 bridgehead atoms. The van der Waals surface area contributed by atoms with Crippen LogP contribution in [-0.2, 0) is 0 Å². The molecule has 1 saturated heterocycles. The van der Waals surface area contributed by atoms with Gasteiger partial charge in [0.1, 0.15) is 11.5 Å². The molecular weight excluding hydrogens is 228 g/mol. The number of rotatable bonds is 2. The monoisotopic (exact) mass is 244 g/mol. The number of aromatic hydroxyl groups is 1. The van der Waals surface area contributed by atoms with Crippen LogP contribution in [0, 0.1) is 0 Å². The molecule has 3 rings (SSSR count). The van der Waals surface area contributed by atoms with Crippen LogP contribution >= 0.6 is 0 Å². The van der Waals surface area contributed by atoms with Gasteiger partial charge in [-0.15, -0.1) is 0 Å². The molecule has 18 heavy (non-hydrogen) atoms. The summed E-state index contributed by atoms with van der Waals surface area (Å²) in [6.07, 6.45) is 3.80. The third kappa shape index (κ3) is 1.99. The fourth-order valence-corrected chi connectivity index (χ4v) is 2.53. The molecule has 4 nitrogen and oxygen atoms in total. The minimum Gasteiger partial charge on any atom is -0.507 e. The summed E-state index contributed by atoms with van der Waals surface area (Å²) in [4.78, 5) is 0. The van der Waals surface area contributed by atoms with E-state index in [0.29, 0.717) is 5.92 Å². The number of hydrogen-bond donors (Lipinski definition) is 2. The van der Waals surface area contributed by atoms with Crippen LogP contribution in [0.25, 0.3) is 11.1 Å². The van der Waals surface area contributed by atoms with Crippen LogP contribution in [0.5, 0.6) is 5.75 Å². The number of phenols is 1. The van der Waals surface area contributed by atoms with Crippen LogP contribution in [0.4, 0.5) is 0 Å². The van der Waals surface area contributed by atoms with Crippen molar-refractivity contribution in [2.75, 3.05) is 13.1 Å². The van der Waals surface area contributed by atoms with Crippen LogP contribution in [0.3, 0.4) is 0 Å². The first-order valence-electron chi connectivity index (χ1n) is 6.30. The Labute approximate surface area is 106 Å². The largest absolute Gasteiger partial charge is 0.507 e. The summed E-state index contributed by atoms with van der Waals surface area (Å²) >= 11 is 0. The lowest BCUT2D eigenvalue weighted by Gasteiger charge is -2.21. The number of piperidine rings is 1. The van der Waals surface area contributed by atoms with Gasteiger partial charge in [0.05, 0.1) is 6.20 Å². The molecule has 0 atom stereocenters. The Morgan fingerprint density at radius 2 is 1.94 bits per heavy atom. The van der Waals surface area contributed by atoms with E-state index in [1.165, 1.54) is 0 Å². The summed E-state index contributed by atoms with van der Waals surface area (Å²) < 4.78 is 5.42. The number of aromatic nitrogens is 1. The number of nitrogens with one attached hydrogen (secondary N) is 1. The van der Waals surface area contributed by atoms with Crippen molar-refractivity contribution in [1.82, 2.24) is 10.5 Å². The van der Waals surface area contributed by atoms with Gasteiger partial charge in [-0.25, -0.2) is 0 Å². The molecular formula is C14H16N2O2. The van der Waals surface area contributed by atoms with Crippen LogP contribution < -0.4 is 5.32 Å². The van der Waals surface area contributed by atoms with Crippen molar-refractivity contribution < 1.29 is 9.63 Å². The highest BCUT2D eigenvalue weighted by molar-refractivity contribution is 5.71. The number of para-hydroxylation sites is 1. The van der Waals surface area contributed by atoms with Crippen molar-refractivity contribution in [3.05, 3.63) is 36.2 Å². The van der Waals surface area contributed by atoms with Crippen LogP contribution in [-0.4, -0.2) is 23.4 Å². The van der Waals surface area contributed by atoms with Crippen molar-refractivity contribution in [1.29, 1.82) is 0 Å². The summed E-state index contributed by atoms with van der Waals surface area (Å²) in [7, 11) is 0. The Morgan fingerprint density at radius 1 is 1.17 bits per heavy atom. The summed E-state index contributed by atoms with van der Waals surface area (Å²) in [5.41, 5.74) is 1.72. The Bertz CT molecular complexity index is 530. The molecule has 1 fully saturated rings. The van der Waals surface area contributed by atoms with E-state index in [4.69, 9.17) is 4.52 Å². The lowest BCUT2D eigenvalue weighted by Crippen LogP contribution is -2.26. The Kier molecular flexibility index (Phi) is 3.02. The van der Waals surface area contributed by atoms with E-state index in [2.05, 4.69) is 10.5 Å². The van der Waals surface area contributed by atoms with Gasteiger partial charge in [-0.1, -0.05) is 23.4 Å². The number of hydrogen-bond acceptors (Lipinski definition) is 4. The fraction of sp³-hybridized carbons (Fsp3) is 0.357. The molecule has 0 radical (unpaired) electrons. The highest BCUT2D eigenvalue weighted by Crippen LogP contribution is 2.37. The Balaban J connectivity index is 1.98. The third-order valence-electron chi connectivity index (χ3n) is 3.50. The lowest BCUT2D eigenvalue weighted by atomic mass is 9.91. The molecule has 4 heteroatoms. The summed E-state index contributed by atoms with van der Waals surface area (Å²) in [5.74, 6) is 1.57. The Morgan fingerprint density at radius 3 is 2.72 bits per heavy atom. The second kappa shape index (κ2) is 4.82. The SMILES string of the molecule is Oc1ccccc1-c1cnoc1C1CCNCC1. The van der Waals surface area contributed by atoms with E-state index >= 15 is 0 Å². The number of benzene rings is 1. The first-order chi connectivity index (χ1) is 8.86. The standard InChI is InChI=1S/C14H16N2O2/c17-13-4-2-1-3-11(13)12-9-16-18-14(12)10-5-7-15-8-6-10/h1-4,9-10,15,17H,5-8H2. The summed E-state index contributed by atoms with van der Waals surface area (Å²) in [5, 5.41) is 17.2. The highest BCUT2D eigenvalue weighted by Gasteiger charge is 2.24. The van der Waals surface area contributed by atoms with Crippen molar-refractivity contribution in [3.63, 3.8) is 0 Å². The number of nitrogens with zero attached hydrogens (tertiary/aromatic N) is 1. The zero-order valence-corrected chi connectivity index (χ0v) is 10.1. The smallest absolute Gasteiger partial charge is 0.147 e. The average Bonchev–Trinajstić information content (AvgIpc) is 2.89. The topological polar surface area (TPSA) is 58.3 Å². The first-order valence-corrected chi connectivity index (χ1v) is 6.30. The van der Waals surface area contributed by atoms with Crippen LogP contribution in [0.2, 0.25) is 0 Å². The van der Waals surface area contributed by atoms with Crippen molar-refractivity contribution >= 4 is 0 Å². The predicted octanol–water partition coefficient (Wildman–Crippen LogP) is 2.51. The molecule has 94 valence electrons. The molecule has 0 aliphatic carbocycles. The molecule has 0 unspecified atom stereocenters. The van der Waals surface area contributed by atoms with Crippen LogP contribution in [0.15, 0.2) is 35.0 Å². The average molecular weight is 244 g/mol. The molecule has 1 aromatic carbocycles. The van der Waals surface area contributed by atoms with Gasteiger partial charge >= 0.3 is 0 Å². The van der Waals surface area contributed by atoms with Gasteiger partial charge in [0, 0.05) is 17.0 Å². The zero-order valence-electron chi connectivity index (χ0n) is 10.1. The lowest BCUT2D eigenvalue weighted by molar-refractivity contribution is 0.328. The van der Waals surface area contributed by atoms with Gasteiger partial charge < -0.3 is 14.9 Å². The quantitative estimate of drug-likeness (QED) is 0.852.